The minimum absolute atomic E-state index is 0.0335. The number of benzene rings is 1. The van der Waals surface area contributed by atoms with E-state index in [1.165, 1.54) is 0 Å². The first-order valence-corrected chi connectivity index (χ1v) is 7.27. The molecule has 5 heteroatoms. The minimum Gasteiger partial charge on any atom is -0.481 e. The van der Waals surface area contributed by atoms with Gasteiger partial charge in [-0.15, -0.1) is 0 Å². The molecule has 1 N–H and O–H groups in total. The van der Waals surface area contributed by atoms with Crippen LogP contribution in [0, 0.1) is 6.92 Å². The largest absolute Gasteiger partial charge is 0.481 e. The van der Waals surface area contributed by atoms with Crippen molar-refractivity contribution in [1.29, 1.82) is 0 Å². The van der Waals surface area contributed by atoms with Gasteiger partial charge in [0, 0.05) is 18.8 Å². The van der Waals surface area contributed by atoms with Crippen molar-refractivity contribution in [2.45, 2.75) is 38.7 Å². The molecule has 0 radical (unpaired) electrons. The molecule has 1 aliphatic heterocycles. The minimum atomic E-state index is -0.904. The Labute approximate surface area is 124 Å². The standard InChI is InChI=1S/C16H21NO4/c1-12-5-2-3-7-14(12)17(9-8-16(19)20)15(18)11-13-6-4-10-21-13/h2-3,5,7,13H,4,6,8-11H2,1H3,(H,19,20). The van der Waals surface area contributed by atoms with Gasteiger partial charge >= 0.3 is 5.97 Å². The zero-order valence-corrected chi connectivity index (χ0v) is 12.2. The Morgan fingerprint density at radius 2 is 2.14 bits per heavy atom. The summed E-state index contributed by atoms with van der Waals surface area (Å²) >= 11 is 0. The van der Waals surface area contributed by atoms with E-state index in [0.717, 1.165) is 24.1 Å². The Balaban J connectivity index is 2.12. The molecular weight excluding hydrogens is 270 g/mol. The predicted molar refractivity (Wildman–Crippen MR) is 79.4 cm³/mol. The Bertz CT molecular complexity index is 509. The lowest BCUT2D eigenvalue weighted by molar-refractivity contribution is -0.136. The quantitative estimate of drug-likeness (QED) is 0.873. The van der Waals surface area contributed by atoms with Gasteiger partial charge < -0.3 is 14.7 Å². The third kappa shape index (κ3) is 4.29. The lowest BCUT2D eigenvalue weighted by Crippen LogP contribution is -2.35. The summed E-state index contributed by atoms with van der Waals surface area (Å²) in [4.78, 5) is 24.9. The summed E-state index contributed by atoms with van der Waals surface area (Å²) in [6.07, 6.45) is 2.09. The first-order chi connectivity index (χ1) is 10.1. The van der Waals surface area contributed by atoms with Crippen LogP contribution in [0.3, 0.4) is 0 Å². The van der Waals surface area contributed by atoms with Gasteiger partial charge in [0.1, 0.15) is 0 Å². The first kappa shape index (κ1) is 15.5. The maximum Gasteiger partial charge on any atom is 0.305 e. The van der Waals surface area contributed by atoms with Crippen LogP contribution in [0.25, 0.3) is 0 Å². The van der Waals surface area contributed by atoms with Gasteiger partial charge in [-0.3, -0.25) is 9.59 Å². The second-order valence-electron chi connectivity index (χ2n) is 5.31. The molecule has 1 heterocycles. The van der Waals surface area contributed by atoms with Crippen molar-refractivity contribution in [2.24, 2.45) is 0 Å². The van der Waals surface area contributed by atoms with Crippen molar-refractivity contribution in [2.75, 3.05) is 18.1 Å². The SMILES string of the molecule is Cc1ccccc1N(CCC(=O)O)C(=O)CC1CCCO1. The molecule has 21 heavy (non-hydrogen) atoms. The number of ether oxygens (including phenoxy) is 1. The van der Waals surface area contributed by atoms with Crippen molar-refractivity contribution < 1.29 is 19.4 Å². The average Bonchev–Trinajstić information content (AvgIpc) is 2.93. The van der Waals surface area contributed by atoms with Gasteiger partial charge in [0.05, 0.1) is 18.9 Å². The molecule has 0 aromatic heterocycles. The van der Waals surface area contributed by atoms with E-state index in [2.05, 4.69) is 0 Å². The van der Waals surface area contributed by atoms with Crippen LogP contribution in [0.2, 0.25) is 0 Å². The molecule has 2 rings (SSSR count). The number of nitrogens with zero attached hydrogens (tertiary/aromatic N) is 1. The fourth-order valence-corrected chi connectivity index (χ4v) is 2.56. The van der Waals surface area contributed by atoms with E-state index in [9.17, 15) is 9.59 Å². The van der Waals surface area contributed by atoms with Gasteiger partial charge in [-0.2, -0.15) is 0 Å². The fraction of sp³-hybridized carbons (Fsp3) is 0.500. The first-order valence-electron chi connectivity index (χ1n) is 7.27. The van der Waals surface area contributed by atoms with Crippen molar-refractivity contribution in [3.8, 4) is 0 Å². The van der Waals surface area contributed by atoms with Crippen LogP contribution < -0.4 is 4.90 Å². The summed E-state index contributed by atoms with van der Waals surface area (Å²) in [5.74, 6) is -0.976. The van der Waals surface area contributed by atoms with Gasteiger partial charge in [-0.1, -0.05) is 18.2 Å². The Morgan fingerprint density at radius 3 is 2.76 bits per heavy atom. The van der Waals surface area contributed by atoms with E-state index in [-0.39, 0.29) is 25.0 Å². The molecule has 0 saturated carbocycles. The Hall–Kier alpha value is -1.88. The van der Waals surface area contributed by atoms with E-state index < -0.39 is 5.97 Å². The lowest BCUT2D eigenvalue weighted by atomic mass is 10.1. The Morgan fingerprint density at radius 1 is 1.38 bits per heavy atom. The number of amides is 1. The van der Waals surface area contributed by atoms with Crippen molar-refractivity contribution >= 4 is 17.6 Å². The van der Waals surface area contributed by atoms with Gasteiger partial charge in [0.25, 0.3) is 0 Å². The highest BCUT2D eigenvalue weighted by Crippen LogP contribution is 2.23. The molecule has 5 nitrogen and oxygen atoms in total. The number of carboxylic acid groups (broad SMARTS) is 1. The monoisotopic (exact) mass is 291 g/mol. The lowest BCUT2D eigenvalue weighted by Gasteiger charge is -2.25. The van der Waals surface area contributed by atoms with Crippen LogP contribution in [0.15, 0.2) is 24.3 Å². The number of carbonyl (C=O) groups excluding carboxylic acids is 1. The number of rotatable bonds is 6. The smallest absolute Gasteiger partial charge is 0.305 e. The van der Waals surface area contributed by atoms with Crippen LogP contribution in [-0.4, -0.2) is 36.2 Å². The van der Waals surface area contributed by atoms with E-state index >= 15 is 0 Å². The van der Waals surface area contributed by atoms with Crippen molar-refractivity contribution in [1.82, 2.24) is 0 Å². The molecule has 0 bridgehead atoms. The third-order valence-corrected chi connectivity index (χ3v) is 3.68. The summed E-state index contributed by atoms with van der Waals surface area (Å²) in [5, 5.41) is 8.88. The summed E-state index contributed by atoms with van der Waals surface area (Å²) in [5.41, 5.74) is 1.74. The molecule has 0 spiro atoms. The molecule has 114 valence electrons. The van der Waals surface area contributed by atoms with Crippen LogP contribution >= 0.6 is 0 Å². The zero-order valence-electron chi connectivity index (χ0n) is 12.2. The Kier molecular flexibility index (Phi) is 5.33. The van der Waals surface area contributed by atoms with E-state index in [1.54, 1.807) is 4.90 Å². The summed E-state index contributed by atoms with van der Waals surface area (Å²) in [6, 6.07) is 7.53. The molecule has 1 aliphatic rings. The number of para-hydroxylation sites is 1. The topological polar surface area (TPSA) is 66.8 Å². The molecule has 0 aliphatic carbocycles. The molecular formula is C16H21NO4. The maximum atomic E-state index is 12.5. The van der Waals surface area contributed by atoms with Crippen LogP contribution in [-0.2, 0) is 14.3 Å². The molecule has 1 fully saturated rings. The number of carbonyl (C=O) groups is 2. The van der Waals surface area contributed by atoms with Gasteiger partial charge in [-0.05, 0) is 31.4 Å². The van der Waals surface area contributed by atoms with E-state index in [4.69, 9.17) is 9.84 Å². The van der Waals surface area contributed by atoms with E-state index in [1.807, 2.05) is 31.2 Å². The predicted octanol–water partition coefficient (Wildman–Crippen LogP) is 2.37. The zero-order chi connectivity index (χ0) is 15.2. The van der Waals surface area contributed by atoms with Crippen LogP contribution in [0.1, 0.15) is 31.2 Å². The third-order valence-electron chi connectivity index (χ3n) is 3.68. The molecule has 1 aromatic rings. The number of carboxylic acids is 1. The normalized spacial score (nSPS) is 17.7. The summed E-state index contributed by atoms with van der Waals surface area (Å²) in [6.45, 7) is 2.81. The van der Waals surface area contributed by atoms with Crippen LogP contribution in [0.4, 0.5) is 5.69 Å². The van der Waals surface area contributed by atoms with Crippen molar-refractivity contribution in [3.05, 3.63) is 29.8 Å². The van der Waals surface area contributed by atoms with Gasteiger partial charge in [0.2, 0.25) is 5.91 Å². The number of anilines is 1. The number of hydrogen-bond acceptors (Lipinski definition) is 3. The number of aliphatic carboxylic acids is 1. The molecule has 1 saturated heterocycles. The average molecular weight is 291 g/mol. The van der Waals surface area contributed by atoms with E-state index in [0.29, 0.717) is 13.0 Å². The fourth-order valence-electron chi connectivity index (χ4n) is 2.56. The number of hydrogen-bond donors (Lipinski definition) is 1. The maximum absolute atomic E-state index is 12.5. The second-order valence-corrected chi connectivity index (χ2v) is 5.31. The molecule has 1 amide bonds. The molecule has 1 unspecified atom stereocenters. The van der Waals surface area contributed by atoms with Crippen LogP contribution in [0.5, 0.6) is 0 Å². The highest BCUT2D eigenvalue weighted by molar-refractivity contribution is 5.94. The van der Waals surface area contributed by atoms with Gasteiger partial charge in [0.15, 0.2) is 0 Å². The summed E-state index contributed by atoms with van der Waals surface area (Å²) < 4.78 is 5.50. The highest BCUT2D eigenvalue weighted by Gasteiger charge is 2.24. The molecule has 1 aromatic carbocycles. The number of aryl methyl sites for hydroxylation is 1. The molecule has 1 atom stereocenters. The van der Waals surface area contributed by atoms with Crippen molar-refractivity contribution in [3.63, 3.8) is 0 Å². The second kappa shape index (κ2) is 7.22. The van der Waals surface area contributed by atoms with Gasteiger partial charge in [-0.25, -0.2) is 0 Å². The summed E-state index contributed by atoms with van der Waals surface area (Å²) in [7, 11) is 0. The highest BCUT2D eigenvalue weighted by atomic mass is 16.5.